The van der Waals surface area contributed by atoms with E-state index in [-0.39, 0.29) is 4.90 Å². The number of ether oxygens (including phenoxy) is 2. The number of aromatic nitrogens is 2. The summed E-state index contributed by atoms with van der Waals surface area (Å²) < 4.78 is 40.3. The third kappa shape index (κ3) is 4.74. The molecule has 0 amide bonds. The van der Waals surface area contributed by atoms with Crippen LogP contribution in [0.2, 0.25) is 0 Å². The highest BCUT2D eigenvalue weighted by atomic mass is 32.2. The number of sulfonamides is 1. The number of methoxy groups -OCH3 is 1. The monoisotopic (exact) mass is 461 g/mol. The van der Waals surface area contributed by atoms with Crippen molar-refractivity contribution in [3.8, 4) is 5.75 Å². The van der Waals surface area contributed by atoms with Gasteiger partial charge >= 0.3 is 0 Å². The molecule has 1 aliphatic rings. The van der Waals surface area contributed by atoms with Gasteiger partial charge in [0, 0.05) is 25.4 Å². The summed E-state index contributed by atoms with van der Waals surface area (Å²) in [6, 6.07) is 13.3. The topological polar surface area (TPSA) is 73.7 Å². The van der Waals surface area contributed by atoms with Gasteiger partial charge in [-0.25, -0.2) is 13.4 Å². The molecule has 4 rings (SSSR count). The molecule has 0 saturated carbocycles. The molecule has 2 heterocycles. The lowest BCUT2D eigenvalue weighted by atomic mass is 10.2. The van der Waals surface area contributed by atoms with Gasteiger partial charge in [-0.3, -0.25) is 0 Å². The number of thioether (sulfide) groups is 1. The second-order valence-electron chi connectivity index (χ2n) is 7.35. The quantitative estimate of drug-likeness (QED) is 0.476. The van der Waals surface area contributed by atoms with Crippen LogP contribution in [0.15, 0.2) is 52.5 Å². The molecule has 9 heteroatoms. The van der Waals surface area contributed by atoms with E-state index in [0.717, 1.165) is 40.7 Å². The maximum absolute atomic E-state index is 13.0. The number of rotatable bonds is 8. The fourth-order valence-corrected chi connectivity index (χ4v) is 6.06. The summed E-state index contributed by atoms with van der Waals surface area (Å²) in [5.74, 6) is 1.58. The molecule has 0 N–H and O–H groups in total. The van der Waals surface area contributed by atoms with Crippen molar-refractivity contribution in [1.29, 1.82) is 0 Å². The zero-order valence-electron chi connectivity index (χ0n) is 17.8. The molecule has 2 aromatic carbocycles. The first-order valence-electron chi connectivity index (χ1n) is 10.4. The molecule has 1 aromatic heterocycles. The number of morpholine rings is 1. The number of imidazole rings is 1. The van der Waals surface area contributed by atoms with Gasteiger partial charge in [0.2, 0.25) is 10.0 Å². The zero-order valence-corrected chi connectivity index (χ0v) is 19.4. The van der Waals surface area contributed by atoms with Gasteiger partial charge in [-0.05, 0) is 42.3 Å². The maximum Gasteiger partial charge on any atom is 0.243 e. The molecule has 0 aliphatic carbocycles. The van der Waals surface area contributed by atoms with Gasteiger partial charge in [0.05, 0.1) is 36.3 Å². The molecule has 0 radical (unpaired) electrons. The molecule has 31 heavy (non-hydrogen) atoms. The summed E-state index contributed by atoms with van der Waals surface area (Å²) in [5, 5.41) is 0.889. The Labute approximate surface area is 187 Å². The van der Waals surface area contributed by atoms with E-state index >= 15 is 0 Å². The second kappa shape index (κ2) is 9.60. The minimum Gasteiger partial charge on any atom is -0.497 e. The molecule has 7 nitrogen and oxygen atoms in total. The summed E-state index contributed by atoms with van der Waals surface area (Å²) in [6.07, 6.45) is 0.964. The normalized spacial score (nSPS) is 15.4. The largest absolute Gasteiger partial charge is 0.497 e. The Morgan fingerprint density at radius 3 is 2.71 bits per heavy atom. The molecule has 0 bridgehead atoms. The maximum atomic E-state index is 13.0. The summed E-state index contributed by atoms with van der Waals surface area (Å²) in [6.45, 7) is 4.57. The van der Waals surface area contributed by atoms with E-state index in [1.54, 1.807) is 31.0 Å². The lowest BCUT2D eigenvalue weighted by molar-refractivity contribution is 0.0730. The Morgan fingerprint density at radius 1 is 1.16 bits per heavy atom. The molecule has 1 aliphatic heterocycles. The SMILES string of the molecule is CCCn1c(SCc2cccc(OC)c2)nc2cc(S(=O)(=O)N3CCOCC3)ccc21. The molecule has 0 spiro atoms. The average Bonchev–Trinajstić information content (AvgIpc) is 3.15. The van der Waals surface area contributed by atoms with E-state index in [2.05, 4.69) is 17.6 Å². The van der Waals surface area contributed by atoms with Crippen LogP contribution >= 0.6 is 11.8 Å². The van der Waals surface area contributed by atoms with Crippen molar-refractivity contribution in [3.63, 3.8) is 0 Å². The minimum absolute atomic E-state index is 0.285. The molecule has 3 aromatic rings. The Hall–Kier alpha value is -2.07. The van der Waals surface area contributed by atoms with Gasteiger partial charge in [-0.1, -0.05) is 30.8 Å². The lowest BCUT2D eigenvalue weighted by Crippen LogP contribution is -2.40. The summed E-state index contributed by atoms with van der Waals surface area (Å²) >= 11 is 1.65. The van der Waals surface area contributed by atoms with Crippen LogP contribution in [0.1, 0.15) is 18.9 Å². The number of nitrogens with zero attached hydrogens (tertiary/aromatic N) is 3. The van der Waals surface area contributed by atoms with Crippen LogP contribution in [0.4, 0.5) is 0 Å². The van der Waals surface area contributed by atoms with E-state index in [1.807, 2.05) is 24.3 Å². The molecule has 1 fully saturated rings. The van der Waals surface area contributed by atoms with Gasteiger partial charge in [-0.2, -0.15) is 4.31 Å². The first-order valence-corrected chi connectivity index (χ1v) is 12.8. The van der Waals surface area contributed by atoms with Gasteiger partial charge in [-0.15, -0.1) is 0 Å². The van der Waals surface area contributed by atoms with E-state index < -0.39 is 10.0 Å². The predicted octanol–water partition coefficient (Wildman–Crippen LogP) is 3.77. The minimum atomic E-state index is -3.55. The van der Waals surface area contributed by atoms with Crippen LogP contribution in [-0.2, 0) is 27.1 Å². The van der Waals surface area contributed by atoms with Crippen molar-refractivity contribution >= 4 is 32.8 Å². The predicted molar refractivity (Wildman–Crippen MR) is 122 cm³/mol. The average molecular weight is 462 g/mol. The van der Waals surface area contributed by atoms with Crippen molar-refractivity contribution in [3.05, 3.63) is 48.0 Å². The first kappa shape index (κ1) is 22.1. The zero-order chi connectivity index (χ0) is 21.8. The first-order chi connectivity index (χ1) is 15.0. The number of fused-ring (bicyclic) bond motifs is 1. The molecular weight excluding hydrogens is 434 g/mol. The molecular formula is C22H27N3O4S2. The van der Waals surface area contributed by atoms with Crippen LogP contribution in [0.25, 0.3) is 11.0 Å². The number of aryl methyl sites for hydroxylation is 1. The Balaban J connectivity index is 1.63. The third-order valence-corrected chi connectivity index (χ3v) is 8.18. The second-order valence-corrected chi connectivity index (χ2v) is 10.2. The molecule has 1 saturated heterocycles. The van der Waals surface area contributed by atoms with E-state index in [0.29, 0.717) is 31.8 Å². The highest BCUT2D eigenvalue weighted by molar-refractivity contribution is 7.98. The fourth-order valence-electron chi connectivity index (χ4n) is 3.64. The Bertz CT molecular complexity index is 1150. The van der Waals surface area contributed by atoms with E-state index in [4.69, 9.17) is 14.5 Å². The molecule has 166 valence electrons. The van der Waals surface area contributed by atoms with Crippen LogP contribution in [-0.4, -0.2) is 55.7 Å². The highest BCUT2D eigenvalue weighted by Crippen LogP contribution is 2.30. The summed E-state index contributed by atoms with van der Waals surface area (Å²) in [5.41, 5.74) is 2.81. The van der Waals surface area contributed by atoms with E-state index in [9.17, 15) is 8.42 Å². The van der Waals surface area contributed by atoms with Crippen LogP contribution in [0.3, 0.4) is 0 Å². The van der Waals surface area contributed by atoms with Crippen LogP contribution in [0, 0.1) is 0 Å². The molecule has 0 unspecified atom stereocenters. The smallest absolute Gasteiger partial charge is 0.243 e. The van der Waals surface area contributed by atoms with Crippen LogP contribution in [0.5, 0.6) is 5.75 Å². The van der Waals surface area contributed by atoms with Crippen molar-refractivity contribution in [1.82, 2.24) is 13.9 Å². The standard InChI is InChI=1S/C22H27N3O4S2/c1-3-9-25-21-8-7-19(31(26,27)24-10-12-29-13-11-24)15-20(21)23-22(25)30-16-17-5-4-6-18(14-17)28-2/h4-8,14-15H,3,9-13,16H2,1-2H3. The van der Waals surface area contributed by atoms with Gasteiger partial charge < -0.3 is 14.0 Å². The summed E-state index contributed by atoms with van der Waals surface area (Å²) in [4.78, 5) is 5.08. The van der Waals surface area contributed by atoms with Crippen molar-refractivity contribution in [2.24, 2.45) is 0 Å². The van der Waals surface area contributed by atoms with Gasteiger partial charge in [0.15, 0.2) is 5.16 Å². The number of hydrogen-bond donors (Lipinski definition) is 0. The van der Waals surface area contributed by atoms with Crippen molar-refractivity contribution in [2.75, 3.05) is 33.4 Å². The van der Waals surface area contributed by atoms with Crippen molar-refractivity contribution in [2.45, 2.75) is 35.7 Å². The van der Waals surface area contributed by atoms with E-state index in [1.165, 1.54) is 4.31 Å². The lowest BCUT2D eigenvalue weighted by Gasteiger charge is -2.26. The van der Waals surface area contributed by atoms with Gasteiger partial charge in [0.25, 0.3) is 0 Å². The number of benzene rings is 2. The number of hydrogen-bond acceptors (Lipinski definition) is 6. The van der Waals surface area contributed by atoms with Gasteiger partial charge in [0.1, 0.15) is 5.75 Å². The molecule has 0 atom stereocenters. The fraction of sp³-hybridized carbons (Fsp3) is 0.409. The highest BCUT2D eigenvalue weighted by Gasteiger charge is 2.27. The summed E-state index contributed by atoms with van der Waals surface area (Å²) in [7, 11) is -1.89. The van der Waals surface area contributed by atoms with Crippen LogP contribution < -0.4 is 4.74 Å². The Morgan fingerprint density at radius 2 is 1.97 bits per heavy atom. The van der Waals surface area contributed by atoms with Crippen molar-refractivity contribution < 1.29 is 17.9 Å². The third-order valence-electron chi connectivity index (χ3n) is 5.24. The Kier molecular flexibility index (Phi) is 6.86.